The first-order chi connectivity index (χ1) is 14.2. The number of nitrogens with one attached hydrogen (secondary N) is 1. The van der Waals surface area contributed by atoms with E-state index >= 15 is 0 Å². The lowest BCUT2D eigenvalue weighted by Crippen LogP contribution is -2.24. The third-order valence-electron chi connectivity index (χ3n) is 4.65. The molecule has 0 fully saturated rings. The standard InChI is InChI=1S/C23H20BrClN2O3/c1-23(2,3)30-22(29)21-20(16-9-13(24)4-7-17(16)27-21)19-8-12(11-28)15-6-5-14(25)10-18(15)26-19/h4-10,27-28H,11H2,1-3H3. The lowest BCUT2D eigenvalue weighted by Gasteiger charge is -2.19. The highest BCUT2D eigenvalue weighted by atomic mass is 79.9. The number of carbonyl (C=O) groups excluding carboxylic acids is 1. The molecule has 4 rings (SSSR count). The molecule has 0 amide bonds. The second-order valence-electron chi connectivity index (χ2n) is 8.05. The van der Waals surface area contributed by atoms with Crippen LogP contribution in [0.4, 0.5) is 0 Å². The summed E-state index contributed by atoms with van der Waals surface area (Å²) in [5.41, 5.74) is 2.97. The van der Waals surface area contributed by atoms with Crippen molar-refractivity contribution >= 4 is 55.3 Å². The van der Waals surface area contributed by atoms with Crippen molar-refractivity contribution in [3.63, 3.8) is 0 Å². The van der Waals surface area contributed by atoms with Crippen molar-refractivity contribution in [3.05, 3.63) is 63.2 Å². The van der Waals surface area contributed by atoms with Crippen molar-refractivity contribution in [2.45, 2.75) is 33.0 Å². The van der Waals surface area contributed by atoms with E-state index in [1.165, 1.54) is 0 Å². The fourth-order valence-electron chi connectivity index (χ4n) is 3.44. The Kier molecular flexibility index (Phi) is 5.34. The van der Waals surface area contributed by atoms with Gasteiger partial charge >= 0.3 is 5.97 Å². The summed E-state index contributed by atoms with van der Waals surface area (Å²) in [6.45, 7) is 5.30. The molecular formula is C23H20BrClN2O3. The molecule has 154 valence electrons. The topological polar surface area (TPSA) is 75.2 Å². The molecule has 2 aromatic heterocycles. The third-order valence-corrected chi connectivity index (χ3v) is 5.38. The third kappa shape index (κ3) is 3.95. The summed E-state index contributed by atoms with van der Waals surface area (Å²) in [7, 11) is 0. The van der Waals surface area contributed by atoms with Gasteiger partial charge in [0.1, 0.15) is 11.3 Å². The number of benzene rings is 2. The highest BCUT2D eigenvalue weighted by Crippen LogP contribution is 2.36. The molecule has 7 heteroatoms. The van der Waals surface area contributed by atoms with Crippen molar-refractivity contribution in [1.29, 1.82) is 0 Å². The Morgan fingerprint density at radius 2 is 1.93 bits per heavy atom. The van der Waals surface area contributed by atoms with Crippen LogP contribution in [-0.2, 0) is 11.3 Å². The van der Waals surface area contributed by atoms with Crippen LogP contribution in [0.5, 0.6) is 0 Å². The summed E-state index contributed by atoms with van der Waals surface area (Å²) in [6.07, 6.45) is 0. The number of hydrogen-bond acceptors (Lipinski definition) is 4. The van der Waals surface area contributed by atoms with E-state index in [0.29, 0.717) is 33.1 Å². The van der Waals surface area contributed by atoms with Gasteiger partial charge in [0.2, 0.25) is 0 Å². The number of ether oxygens (including phenoxy) is 1. The maximum Gasteiger partial charge on any atom is 0.356 e. The van der Waals surface area contributed by atoms with Crippen LogP contribution in [0.3, 0.4) is 0 Å². The van der Waals surface area contributed by atoms with Crippen molar-refractivity contribution in [1.82, 2.24) is 9.97 Å². The van der Waals surface area contributed by atoms with Crippen molar-refractivity contribution in [3.8, 4) is 11.3 Å². The Balaban J connectivity index is 2.03. The Bertz CT molecular complexity index is 1290. The minimum Gasteiger partial charge on any atom is -0.455 e. The monoisotopic (exact) mass is 486 g/mol. The molecule has 0 bridgehead atoms. The maximum absolute atomic E-state index is 13.0. The van der Waals surface area contributed by atoms with Gasteiger partial charge in [-0.25, -0.2) is 9.78 Å². The number of hydrogen-bond donors (Lipinski definition) is 2. The largest absolute Gasteiger partial charge is 0.455 e. The first kappa shape index (κ1) is 20.8. The number of esters is 1. The van der Waals surface area contributed by atoms with Crippen molar-refractivity contribution in [2.75, 3.05) is 0 Å². The van der Waals surface area contributed by atoms with Gasteiger partial charge in [-0.05, 0) is 62.7 Å². The number of H-pyrrole nitrogens is 1. The van der Waals surface area contributed by atoms with Crippen LogP contribution in [0.1, 0.15) is 36.8 Å². The van der Waals surface area contributed by atoms with Gasteiger partial charge in [0.15, 0.2) is 0 Å². The lowest BCUT2D eigenvalue weighted by atomic mass is 10.0. The van der Waals surface area contributed by atoms with E-state index in [1.54, 1.807) is 18.2 Å². The quantitative estimate of drug-likeness (QED) is 0.335. The zero-order valence-corrected chi connectivity index (χ0v) is 19.1. The van der Waals surface area contributed by atoms with Gasteiger partial charge in [0, 0.05) is 31.3 Å². The molecular weight excluding hydrogens is 468 g/mol. The van der Waals surface area contributed by atoms with E-state index in [0.717, 1.165) is 20.8 Å². The molecule has 0 saturated carbocycles. The Morgan fingerprint density at radius 1 is 1.17 bits per heavy atom. The summed E-state index contributed by atoms with van der Waals surface area (Å²) < 4.78 is 6.50. The first-order valence-corrected chi connectivity index (χ1v) is 10.6. The van der Waals surface area contributed by atoms with Gasteiger partial charge in [-0.3, -0.25) is 0 Å². The number of pyridine rings is 1. The molecule has 5 nitrogen and oxygen atoms in total. The first-order valence-electron chi connectivity index (χ1n) is 9.41. The minimum absolute atomic E-state index is 0.165. The van der Waals surface area contributed by atoms with Crippen LogP contribution in [0.15, 0.2) is 46.9 Å². The summed E-state index contributed by atoms with van der Waals surface area (Å²) >= 11 is 9.68. The zero-order valence-electron chi connectivity index (χ0n) is 16.7. The Morgan fingerprint density at radius 3 is 2.63 bits per heavy atom. The van der Waals surface area contributed by atoms with E-state index in [9.17, 15) is 9.90 Å². The van der Waals surface area contributed by atoms with Crippen LogP contribution >= 0.6 is 27.5 Å². The van der Waals surface area contributed by atoms with Crippen LogP contribution in [0, 0.1) is 0 Å². The molecule has 0 atom stereocenters. The second-order valence-corrected chi connectivity index (χ2v) is 9.41. The van der Waals surface area contributed by atoms with Gasteiger partial charge in [-0.15, -0.1) is 0 Å². The molecule has 0 unspecified atom stereocenters. The van der Waals surface area contributed by atoms with Gasteiger partial charge in [0.25, 0.3) is 0 Å². The maximum atomic E-state index is 13.0. The number of aliphatic hydroxyl groups excluding tert-OH is 1. The summed E-state index contributed by atoms with van der Waals surface area (Å²) in [4.78, 5) is 21.0. The highest BCUT2D eigenvalue weighted by molar-refractivity contribution is 9.10. The van der Waals surface area contributed by atoms with Gasteiger partial charge < -0.3 is 14.8 Å². The van der Waals surface area contributed by atoms with E-state index in [-0.39, 0.29) is 6.61 Å². The molecule has 30 heavy (non-hydrogen) atoms. The fraction of sp³-hybridized carbons (Fsp3) is 0.217. The summed E-state index contributed by atoms with van der Waals surface area (Å²) in [6, 6.07) is 12.9. The van der Waals surface area contributed by atoms with Crippen molar-refractivity contribution < 1.29 is 14.6 Å². The lowest BCUT2D eigenvalue weighted by molar-refractivity contribution is 0.00647. The number of aliphatic hydroxyl groups is 1. The number of aromatic nitrogens is 2. The van der Waals surface area contributed by atoms with E-state index in [4.69, 9.17) is 21.3 Å². The number of carbonyl (C=O) groups is 1. The van der Waals surface area contributed by atoms with E-state index in [2.05, 4.69) is 20.9 Å². The zero-order chi connectivity index (χ0) is 21.6. The molecule has 0 radical (unpaired) electrons. The van der Waals surface area contributed by atoms with Crippen LogP contribution in [0.2, 0.25) is 5.02 Å². The van der Waals surface area contributed by atoms with Crippen LogP contribution in [0.25, 0.3) is 33.1 Å². The molecule has 4 aromatic rings. The molecule has 0 aliphatic rings. The van der Waals surface area contributed by atoms with Crippen LogP contribution in [-0.4, -0.2) is 26.6 Å². The van der Waals surface area contributed by atoms with Crippen LogP contribution < -0.4 is 0 Å². The van der Waals surface area contributed by atoms with Gasteiger partial charge in [-0.1, -0.05) is 33.6 Å². The SMILES string of the molecule is CC(C)(C)OC(=O)c1[nH]c2ccc(Br)cc2c1-c1cc(CO)c2ccc(Cl)cc2n1. The van der Waals surface area contributed by atoms with Gasteiger partial charge in [0.05, 0.1) is 17.8 Å². The Hall–Kier alpha value is -2.41. The normalized spacial score (nSPS) is 11.9. The molecule has 0 saturated heterocycles. The van der Waals surface area contributed by atoms with E-state index in [1.807, 2.05) is 45.0 Å². The van der Waals surface area contributed by atoms with E-state index < -0.39 is 11.6 Å². The number of halogens is 2. The highest BCUT2D eigenvalue weighted by Gasteiger charge is 2.26. The fourth-order valence-corrected chi connectivity index (χ4v) is 3.97. The smallest absolute Gasteiger partial charge is 0.356 e. The predicted octanol–water partition coefficient (Wildman–Crippen LogP) is 6.25. The molecule has 2 heterocycles. The van der Waals surface area contributed by atoms with Gasteiger partial charge in [-0.2, -0.15) is 0 Å². The number of aromatic amines is 1. The Labute approximate surface area is 187 Å². The molecule has 2 N–H and O–H groups in total. The average molecular weight is 488 g/mol. The molecule has 0 spiro atoms. The average Bonchev–Trinajstić information content (AvgIpc) is 3.04. The second kappa shape index (κ2) is 7.69. The molecule has 2 aromatic carbocycles. The predicted molar refractivity (Wildman–Crippen MR) is 123 cm³/mol. The minimum atomic E-state index is -0.646. The number of rotatable bonds is 3. The summed E-state index contributed by atoms with van der Waals surface area (Å²) in [5.74, 6) is -0.469. The number of nitrogens with zero attached hydrogens (tertiary/aromatic N) is 1. The summed E-state index contributed by atoms with van der Waals surface area (Å²) in [5, 5.41) is 12.1. The molecule has 0 aliphatic heterocycles. The molecule has 0 aliphatic carbocycles. The number of fused-ring (bicyclic) bond motifs is 2. The van der Waals surface area contributed by atoms with Crippen molar-refractivity contribution in [2.24, 2.45) is 0 Å².